The van der Waals surface area contributed by atoms with E-state index in [2.05, 4.69) is 81.8 Å². The van der Waals surface area contributed by atoms with Gasteiger partial charge in [0, 0.05) is 18.4 Å². The Morgan fingerprint density at radius 2 is 1.83 bits per heavy atom. The Balaban J connectivity index is 2.34. The minimum absolute atomic E-state index is 0.414. The van der Waals surface area contributed by atoms with Crippen LogP contribution in [0.5, 0.6) is 5.75 Å². The number of anilines is 2. The zero-order valence-corrected chi connectivity index (χ0v) is 15.8. The van der Waals surface area contributed by atoms with Crippen molar-refractivity contribution in [2.24, 2.45) is 5.92 Å². The van der Waals surface area contributed by atoms with E-state index in [4.69, 9.17) is 4.74 Å². The molecule has 130 valence electrons. The first kappa shape index (κ1) is 18.3. The predicted octanol–water partition coefficient (Wildman–Crippen LogP) is 5.71. The first-order valence-corrected chi connectivity index (χ1v) is 8.89. The van der Waals surface area contributed by atoms with Gasteiger partial charge in [0.25, 0.3) is 0 Å². The lowest BCUT2D eigenvalue weighted by molar-refractivity contribution is 0.268. The van der Waals surface area contributed by atoms with Crippen LogP contribution < -0.4 is 9.64 Å². The highest BCUT2D eigenvalue weighted by Gasteiger charge is 2.14. The molecule has 0 spiro atoms. The van der Waals surface area contributed by atoms with Crippen LogP contribution >= 0.6 is 0 Å². The highest BCUT2D eigenvalue weighted by molar-refractivity contribution is 5.63. The number of ether oxygens (including phenoxy) is 1. The van der Waals surface area contributed by atoms with Crippen molar-refractivity contribution in [2.45, 2.75) is 47.5 Å². The number of aromatic nitrogens is 1. The zero-order chi connectivity index (χ0) is 17.7. The molecule has 2 aromatic rings. The van der Waals surface area contributed by atoms with Gasteiger partial charge >= 0.3 is 0 Å². The molecule has 0 fully saturated rings. The predicted molar refractivity (Wildman–Crippen MR) is 103 cm³/mol. The van der Waals surface area contributed by atoms with Crippen LogP contribution in [0, 0.1) is 12.8 Å². The third-order valence-electron chi connectivity index (χ3n) is 3.99. The van der Waals surface area contributed by atoms with E-state index in [9.17, 15) is 0 Å². The molecule has 24 heavy (non-hydrogen) atoms. The van der Waals surface area contributed by atoms with Crippen molar-refractivity contribution < 1.29 is 4.74 Å². The van der Waals surface area contributed by atoms with Crippen molar-refractivity contribution in [3.8, 4) is 5.75 Å². The van der Waals surface area contributed by atoms with E-state index < -0.39 is 0 Å². The number of hydrogen-bond acceptors (Lipinski definition) is 3. The molecule has 1 aromatic carbocycles. The summed E-state index contributed by atoms with van der Waals surface area (Å²) in [5.41, 5.74) is 3.59. The maximum atomic E-state index is 6.02. The summed E-state index contributed by atoms with van der Waals surface area (Å²) in [7, 11) is 0. The van der Waals surface area contributed by atoms with Crippen LogP contribution in [-0.2, 0) is 0 Å². The first-order valence-electron chi connectivity index (χ1n) is 8.89. The second-order valence-corrected chi connectivity index (χ2v) is 7.02. The number of hydrogen-bond donors (Lipinski definition) is 0. The molecule has 0 unspecified atom stereocenters. The van der Waals surface area contributed by atoms with E-state index in [0.29, 0.717) is 11.8 Å². The standard InChI is InChI=1S/C21H30N2O/c1-7-23(21-11-8-17(6)13-22-21)18-9-10-20(24-14-15(2)3)19(12-18)16(4)5/h8-13,15-16H,7,14H2,1-6H3. The molecule has 0 N–H and O–H groups in total. The largest absolute Gasteiger partial charge is 0.493 e. The molecule has 0 amide bonds. The van der Waals surface area contributed by atoms with Gasteiger partial charge in [0.2, 0.25) is 0 Å². The van der Waals surface area contributed by atoms with Gasteiger partial charge in [-0.05, 0) is 61.1 Å². The van der Waals surface area contributed by atoms with E-state index in [0.717, 1.165) is 30.4 Å². The molecule has 1 aromatic heterocycles. The van der Waals surface area contributed by atoms with Gasteiger partial charge in [-0.1, -0.05) is 33.8 Å². The average Bonchev–Trinajstić information content (AvgIpc) is 2.55. The molecule has 1 heterocycles. The number of benzene rings is 1. The third-order valence-corrected chi connectivity index (χ3v) is 3.99. The van der Waals surface area contributed by atoms with Crippen molar-refractivity contribution in [3.63, 3.8) is 0 Å². The van der Waals surface area contributed by atoms with Crippen LogP contribution in [0.4, 0.5) is 11.5 Å². The summed E-state index contributed by atoms with van der Waals surface area (Å²) < 4.78 is 6.02. The minimum Gasteiger partial charge on any atom is -0.493 e. The van der Waals surface area contributed by atoms with Gasteiger partial charge in [-0.3, -0.25) is 0 Å². The Morgan fingerprint density at radius 1 is 1.08 bits per heavy atom. The molecule has 0 aliphatic rings. The smallest absolute Gasteiger partial charge is 0.132 e. The fraction of sp³-hybridized carbons (Fsp3) is 0.476. The van der Waals surface area contributed by atoms with Gasteiger partial charge in [0.1, 0.15) is 11.6 Å². The summed E-state index contributed by atoms with van der Waals surface area (Å²) in [6.07, 6.45) is 1.92. The molecule has 0 atom stereocenters. The van der Waals surface area contributed by atoms with E-state index in [1.54, 1.807) is 0 Å². The van der Waals surface area contributed by atoms with Gasteiger partial charge in [0.15, 0.2) is 0 Å². The van der Waals surface area contributed by atoms with Crippen molar-refractivity contribution >= 4 is 11.5 Å². The van der Waals surface area contributed by atoms with Crippen molar-refractivity contribution in [1.29, 1.82) is 0 Å². The topological polar surface area (TPSA) is 25.4 Å². The Labute approximate surface area is 146 Å². The zero-order valence-electron chi connectivity index (χ0n) is 15.8. The SMILES string of the molecule is CCN(c1ccc(OCC(C)C)c(C(C)C)c1)c1ccc(C)cn1. The molecule has 3 heteroatoms. The Morgan fingerprint density at radius 3 is 2.38 bits per heavy atom. The van der Waals surface area contributed by atoms with Crippen molar-refractivity contribution in [2.75, 3.05) is 18.1 Å². The molecule has 0 aliphatic carbocycles. The Bertz CT molecular complexity index is 647. The normalized spacial score (nSPS) is 11.2. The van der Waals surface area contributed by atoms with Gasteiger partial charge in [-0.2, -0.15) is 0 Å². The highest BCUT2D eigenvalue weighted by atomic mass is 16.5. The van der Waals surface area contributed by atoms with Crippen LogP contribution in [0.2, 0.25) is 0 Å². The van der Waals surface area contributed by atoms with Gasteiger partial charge in [-0.15, -0.1) is 0 Å². The van der Waals surface area contributed by atoms with Crippen molar-refractivity contribution in [3.05, 3.63) is 47.7 Å². The van der Waals surface area contributed by atoms with Crippen LogP contribution in [-0.4, -0.2) is 18.1 Å². The molecule has 0 saturated carbocycles. The number of aryl methyl sites for hydroxylation is 1. The molecule has 0 bridgehead atoms. The molecule has 0 saturated heterocycles. The second-order valence-electron chi connectivity index (χ2n) is 7.02. The van der Waals surface area contributed by atoms with Gasteiger partial charge in [0.05, 0.1) is 6.61 Å². The molecule has 2 rings (SSSR count). The Hall–Kier alpha value is -2.03. The first-order chi connectivity index (χ1) is 11.4. The molecule has 0 radical (unpaired) electrons. The molecule has 0 aliphatic heterocycles. The van der Waals surface area contributed by atoms with Gasteiger partial charge < -0.3 is 9.64 Å². The van der Waals surface area contributed by atoms with Crippen LogP contribution in [0.15, 0.2) is 36.5 Å². The summed E-state index contributed by atoms with van der Waals surface area (Å²) in [5.74, 6) is 2.91. The fourth-order valence-corrected chi connectivity index (χ4v) is 2.64. The maximum absolute atomic E-state index is 6.02. The molecular weight excluding hydrogens is 296 g/mol. The molecular formula is C21H30N2O. The average molecular weight is 326 g/mol. The quantitative estimate of drug-likeness (QED) is 0.652. The van der Waals surface area contributed by atoms with E-state index >= 15 is 0 Å². The van der Waals surface area contributed by atoms with E-state index in [-0.39, 0.29) is 0 Å². The summed E-state index contributed by atoms with van der Waals surface area (Å²) in [5, 5.41) is 0. The number of rotatable bonds is 7. The lowest BCUT2D eigenvalue weighted by Crippen LogP contribution is -2.18. The van der Waals surface area contributed by atoms with Crippen molar-refractivity contribution in [1.82, 2.24) is 4.98 Å². The number of nitrogens with zero attached hydrogens (tertiary/aromatic N) is 2. The Kier molecular flexibility index (Phi) is 6.24. The summed E-state index contributed by atoms with van der Waals surface area (Å²) in [6.45, 7) is 14.6. The third kappa shape index (κ3) is 4.50. The maximum Gasteiger partial charge on any atom is 0.132 e. The van der Waals surface area contributed by atoms with Crippen LogP contribution in [0.3, 0.4) is 0 Å². The van der Waals surface area contributed by atoms with Crippen LogP contribution in [0.25, 0.3) is 0 Å². The second kappa shape index (κ2) is 8.18. The number of pyridine rings is 1. The minimum atomic E-state index is 0.414. The van der Waals surface area contributed by atoms with E-state index in [1.165, 1.54) is 11.1 Å². The lowest BCUT2D eigenvalue weighted by atomic mass is 10.0. The lowest BCUT2D eigenvalue weighted by Gasteiger charge is -2.24. The van der Waals surface area contributed by atoms with E-state index in [1.807, 2.05) is 6.20 Å². The highest BCUT2D eigenvalue weighted by Crippen LogP contribution is 2.33. The molecule has 3 nitrogen and oxygen atoms in total. The summed E-state index contributed by atoms with van der Waals surface area (Å²) in [4.78, 5) is 6.81. The monoisotopic (exact) mass is 326 g/mol. The fourth-order valence-electron chi connectivity index (χ4n) is 2.64. The summed E-state index contributed by atoms with van der Waals surface area (Å²) in [6, 6.07) is 10.7. The summed E-state index contributed by atoms with van der Waals surface area (Å²) >= 11 is 0. The van der Waals surface area contributed by atoms with Gasteiger partial charge in [-0.25, -0.2) is 4.98 Å². The van der Waals surface area contributed by atoms with Crippen LogP contribution in [0.1, 0.15) is 51.7 Å².